The van der Waals surface area contributed by atoms with E-state index < -0.39 is 5.97 Å². The van der Waals surface area contributed by atoms with E-state index in [1.807, 2.05) is 36.4 Å². The Kier molecular flexibility index (Phi) is 8.99. The van der Waals surface area contributed by atoms with Crippen molar-refractivity contribution in [2.24, 2.45) is 11.8 Å². The van der Waals surface area contributed by atoms with Gasteiger partial charge >= 0.3 is 5.97 Å². The minimum atomic E-state index is -0.774. The molecule has 0 aliphatic heterocycles. The molecular weight excluding hydrogens is 340 g/mol. The van der Waals surface area contributed by atoms with Crippen LogP contribution in [0.15, 0.2) is 54.6 Å². The molecule has 4 nitrogen and oxygen atoms in total. The lowest BCUT2D eigenvalue weighted by Crippen LogP contribution is -2.17. The highest BCUT2D eigenvalue weighted by atomic mass is 16.4. The van der Waals surface area contributed by atoms with Crippen LogP contribution in [-0.2, 0) is 16.0 Å². The summed E-state index contributed by atoms with van der Waals surface area (Å²) in [5.74, 6) is -0.465. The zero-order valence-electron chi connectivity index (χ0n) is 15.8. The molecule has 0 saturated carbocycles. The minimum Gasteiger partial charge on any atom is -0.481 e. The molecule has 3 unspecified atom stereocenters. The summed E-state index contributed by atoms with van der Waals surface area (Å²) in [6.45, 7) is 0. The fourth-order valence-electron chi connectivity index (χ4n) is 3.51. The molecule has 0 aromatic heterocycles. The molecule has 1 aromatic carbocycles. The number of ketones is 1. The Morgan fingerprint density at radius 1 is 1.15 bits per heavy atom. The molecule has 0 fully saturated rings. The number of hydrogen-bond donors (Lipinski definition) is 2. The van der Waals surface area contributed by atoms with Gasteiger partial charge in [0.1, 0.15) is 0 Å². The molecule has 27 heavy (non-hydrogen) atoms. The number of aliphatic hydroxyl groups excluding tert-OH is 1. The van der Waals surface area contributed by atoms with Gasteiger partial charge in [0, 0.05) is 12.3 Å². The Balaban J connectivity index is 1.69. The van der Waals surface area contributed by atoms with Crippen LogP contribution >= 0.6 is 0 Å². The molecule has 0 spiro atoms. The predicted octanol–water partition coefficient (Wildman–Crippen LogP) is 4.33. The van der Waals surface area contributed by atoms with E-state index in [4.69, 9.17) is 5.11 Å². The highest BCUT2D eigenvalue weighted by molar-refractivity contribution is 5.94. The first-order chi connectivity index (χ1) is 13.1. The van der Waals surface area contributed by atoms with Crippen LogP contribution in [0.4, 0.5) is 0 Å². The maximum atomic E-state index is 12.1. The van der Waals surface area contributed by atoms with Crippen molar-refractivity contribution in [1.29, 1.82) is 0 Å². The SMILES string of the molecule is O=C(O)CCC/C=C/CC1C(=O)C=CC1CCC(O)CCc1ccccc1. The standard InChI is InChI=1S/C23H30O4/c24-20(15-12-18-8-4-3-5-9-18)16-13-19-14-17-22(25)21(19)10-6-1-2-7-11-23(26)27/h1,3-6,8-9,14,17,19-21,24H,2,7,10-13,15-16H2,(H,26,27)/b6-1+. The average molecular weight is 370 g/mol. The highest BCUT2D eigenvalue weighted by Gasteiger charge is 2.29. The lowest BCUT2D eigenvalue weighted by atomic mass is 9.86. The normalized spacial score (nSPS) is 20.4. The molecule has 0 amide bonds. The van der Waals surface area contributed by atoms with Crippen LogP contribution < -0.4 is 0 Å². The van der Waals surface area contributed by atoms with E-state index in [0.717, 1.165) is 25.7 Å². The summed E-state index contributed by atoms with van der Waals surface area (Å²) < 4.78 is 0. The van der Waals surface area contributed by atoms with Gasteiger partial charge in [0.2, 0.25) is 0 Å². The molecule has 1 aliphatic rings. The van der Waals surface area contributed by atoms with E-state index >= 15 is 0 Å². The maximum Gasteiger partial charge on any atom is 0.303 e. The van der Waals surface area contributed by atoms with Gasteiger partial charge in [-0.1, -0.05) is 48.6 Å². The van der Waals surface area contributed by atoms with Gasteiger partial charge in [0.25, 0.3) is 0 Å². The molecular formula is C23H30O4. The van der Waals surface area contributed by atoms with Crippen molar-refractivity contribution >= 4 is 11.8 Å². The summed E-state index contributed by atoms with van der Waals surface area (Å²) >= 11 is 0. The summed E-state index contributed by atoms with van der Waals surface area (Å²) in [4.78, 5) is 22.6. The third-order valence-corrected chi connectivity index (χ3v) is 5.15. The van der Waals surface area contributed by atoms with Gasteiger partial charge in [-0.05, 0) is 62.5 Å². The van der Waals surface area contributed by atoms with Gasteiger partial charge in [-0.25, -0.2) is 0 Å². The molecule has 0 radical (unpaired) electrons. The van der Waals surface area contributed by atoms with Crippen LogP contribution in [0, 0.1) is 11.8 Å². The number of allylic oxidation sites excluding steroid dienone is 4. The number of hydrogen-bond acceptors (Lipinski definition) is 3. The highest BCUT2D eigenvalue weighted by Crippen LogP contribution is 2.30. The van der Waals surface area contributed by atoms with Gasteiger partial charge < -0.3 is 10.2 Å². The number of unbranched alkanes of at least 4 members (excludes halogenated alkanes) is 1. The first-order valence-corrected chi connectivity index (χ1v) is 9.87. The minimum absolute atomic E-state index is 0.0398. The molecule has 1 aliphatic carbocycles. The number of carboxylic acids is 1. The molecule has 0 saturated heterocycles. The maximum absolute atomic E-state index is 12.1. The average Bonchev–Trinajstić information content (AvgIpc) is 3.01. The fourth-order valence-corrected chi connectivity index (χ4v) is 3.51. The third-order valence-electron chi connectivity index (χ3n) is 5.15. The number of carboxylic acid groups (broad SMARTS) is 1. The fraction of sp³-hybridized carbons (Fsp3) is 0.478. The molecule has 3 atom stereocenters. The van der Waals surface area contributed by atoms with Crippen LogP contribution in [0.5, 0.6) is 0 Å². The van der Waals surface area contributed by atoms with Crippen LogP contribution in [0.3, 0.4) is 0 Å². The molecule has 0 heterocycles. The van der Waals surface area contributed by atoms with Crippen molar-refractivity contribution in [3.8, 4) is 0 Å². The summed E-state index contributed by atoms with van der Waals surface area (Å²) in [6.07, 6.45) is 12.6. The quantitative estimate of drug-likeness (QED) is 0.424. The van der Waals surface area contributed by atoms with Gasteiger partial charge in [-0.3, -0.25) is 9.59 Å². The van der Waals surface area contributed by atoms with Crippen LogP contribution in [0.25, 0.3) is 0 Å². The Labute approximate surface area is 161 Å². The van der Waals surface area contributed by atoms with E-state index in [1.165, 1.54) is 5.56 Å². The van der Waals surface area contributed by atoms with E-state index in [-0.39, 0.29) is 30.1 Å². The topological polar surface area (TPSA) is 74.6 Å². The number of aliphatic carboxylic acids is 1. The van der Waals surface area contributed by atoms with Crippen LogP contribution in [0.2, 0.25) is 0 Å². The monoisotopic (exact) mass is 370 g/mol. The van der Waals surface area contributed by atoms with Crippen molar-refractivity contribution in [1.82, 2.24) is 0 Å². The smallest absolute Gasteiger partial charge is 0.303 e. The van der Waals surface area contributed by atoms with Gasteiger partial charge in [-0.2, -0.15) is 0 Å². The number of rotatable bonds is 12. The number of carbonyl (C=O) groups is 2. The summed E-state index contributed by atoms with van der Waals surface area (Å²) in [6, 6.07) is 10.2. The number of aliphatic hydroxyl groups is 1. The number of aryl methyl sites for hydroxylation is 1. The first-order valence-electron chi connectivity index (χ1n) is 9.87. The second-order valence-electron chi connectivity index (χ2n) is 7.28. The Morgan fingerprint density at radius 2 is 1.93 bits per heavy atom. The van der Waals surface area contributed by atoms with Gasteiger partial charge in [0.15, 0.2) is 5.78 Å². The summed E-state index contributed by atoms with van der Waals surface area (Å²) in [5.41, 5.74) is 1.23. The third kappa shape index (κ3) is 7.92. The summed E-state index contributed by atoms with van der Waals surface area (Å²) in [5, 5.41) is 18.9. The van der Waals surface area contributed by atoms with E-state index in [1.54, 1.807) is 6.08 Å². The largest absolute Gasteiger partial charge is 0.481 e. The second-order valence-corrected chi connectivity index (χ2v) is 7.28. The lowest BCUT2D eigenvalue weighted by Gasteiger charge is -2.18. The molecule has 1 aromatic rings. The van der Waals surface area contributed by atoms with Crippen molar-refractivity contribution in [2.45, 2.75) is 57.5 Å². The predicted molar refractivity (Wildman–Crippen MR) is 106 cm³/mol. The second kappa shape index (κ2) is 11.5. The van der Waals surface area contributed by atoms with Gasteiger partial charge in [-0.15, -0.1) is 0 Å². The molecule has 4 heteroatoms. The van der Waals surface area contributed by atoms with Crippen molar-refractivity contribution in [3.63, 3.8) is 0 Å². The zero-order chi connectivity index (χ0) is 19.5. The number of carbonyl (C=O) groups excluding carboxylic acids is 1. The summed E-state index contributed by atoms with van der Waals surface area (Å²) in [7, 11) is 0. The first kappa shape index (κ1) is 21.1. The Hall–Kier alpha value is -2.20. The van der Waals surface area contributed by atoms with E-state index in [0.29, 0.717) is 19.3 Å². The molecule has 2 rings (SSSR count). The lowest BCUT2D eigenvalue weighted by molar-refractivity contribution is -0.137. The Bertz CT molecular complexity index is 648. The molecule has 2 N–H and O–H groups in total. The molecule has 146 valence electrons. The molecule has 0 bridgehead atoms. The van der Waals surface area contributed by atoms with Crippen molar-refractivity contribution in [3.05, 3.63) is 60.2 Å². The zero-order valence-corrected chi connectivity index (χ0v) is 15.8. The Morgan fingerprint density at radius 3 is 2.67 bits per heavy atom. The van der Waals surface area contributed by atoms with E-state index in [2.05, 4.69) is 12.1 Å². The van der Waals surface area contributed by atoms with Crippen molar-refractivity contribution < 1.29 is 19.8 Å². The van der Waals surface area contributed by atoms with Crippen LogP contribution in [-0.4, -0.2) is 28.1 Å². The van der Waals surface area contributed by atoms with Gasteiger partial charge in [0.05, 0.1) is 6.10 Å². The van der Waals surface area contributed by atoms with E-state index in [9.17, 15) is 14.7 Å². The van der Waals surface area contributed by atoms with Crippen molar-refractivity contribution in [2.75, 3.05) is 0 Å². The van der Waals surface area contributed by atoms with Crippen LogP contribution in [0.1, 0.15) is 50.5 Å². The number of benzene rings is 1.